The van der Waals surface area contributed by atoms with Crippen LogP contribution in [0.2, 0.25) is 5.02 Å². The van der Waals surface area contributed by atoms with Crippen LogP contribution in [0.5, 0.6) is 0 Å². The Morgan fingerprint density at radius 1 is 1.12 bits per heavy atom. The monoisotopic (exact) mass is 376 g/mol. The quantitative estimate of drug-likeness (QED) is 0.858. The average Bonchev–Trinajstić information content (AvgIpc) is 3.15. The predicted octanol–water partition coefficient (Wildman–Crippen LogP) is 4.00. The molecule has 0 saturated carbocycles. The van der Waals surface area contributed by atoms with E-state index in [9.17, 15) is 4.79 Å². The fourth-order valence-corrected chi connectivity index (χ4v) is 4.05. The van der Waals surface area contributed by atoms with Gasteiger partial charge in [-0.2, -0.15) is 0 Å². The number of carbonyl (C=O) groups is 1. The number of benzene rings is 2. The van der Waals surface area contributed by atoms with Crippen molar-refractivity contribution < 1.29 is 4.79 Å². The third-order valence-corrected chi connectivity index (χ3v) is 5.41. The fourth-order valence-electron chi connectivity index (χ4n) is 3.86. The van der Waals surface area contributed by atoms with Gasteiger partial charge in [-0.1, -0.05) is 48.0 Å². The van der Waals surface area contributed by atoms with Gasteiger partial charge in [-0.15, -0.1) is 12.4 Å². The topological polar surface area (TPSA) is 32.3 Å². The van der Waals surface area contributed by atoms with Crippen molar-refractivity contribution in [1.82, 2.24) is 10.2 Å². The van der Waals surface area contributed by atoms with Crippen LogP contribution in [-0.2, 0) is 17.8 Å². The van der Waals surface area contributed by atoms with Crippen molar-refractivity contribution in [2.75, 3.05) is 13.1 Å². The van der Waals surface area contributed by atoms with E-state index in [2.05, 4.69) is 28.4 Å². The molecule has 2 unspecified atom stereocenters. The largest absolute Gasteiger partial charge is 0.331 e. The Balaban J connectivity index is 0.00000182. The van der Waals surface area contributed by atoms with Gasteiger partial charge in [0.2, 0.25) is 5.91 Å². The van der Waals surface area contributed by atoms with Crippen molar-refractivity contribution in [3.63, 3.8) is 0 Å². The first-order valence-electron chi connectivity index (χ1n) is 8.56. The average molecular weight is 377 g/mol. The highest BCUT2D eigenvalue weighted by Crippen LogP contribution is 2.35. The van der Waals surface area contributed by atoms with Crippen LogP contribution in [0.1, 0.15) is 29.2 Å². The SMILES string of the molecule is Cl.O=C(C1CCNC1)N1Cc2cc(Cl)ccc2CC1c1ccccc1. The molecule has 1 fully saturated rings. The minimum absolute atomic E-state index is 0. The number of hydrogen-bond acceptors (Lipinski definition) is 2. The summed E-state index contributed by atoms with van der Waals surface area (Å²) in [6.07, 6.45) is 1.78. The van der Waals surface area contributed by atoms with E-state index in [1.54, 1.807) is 0 Å². The first kappa shape index (κ1) is 18.2. The van der Waals surface area contributed by atoms with Gasteiger partial charge in [0.25, 0.3) is 0 Å². The van der Waals surface area contributed by atoms with E-state index in [1.807, 2.05) is 30.3 Å². The van der Waals surface area contributed by atoms with Gasteiger partial charge in [-0.05, 0) is 48.2 Å². The van der Waals surface area contributed by atoms with Crippen LogP contribution in [-0.4, -0.2) is 23.9 Å². The highest BCUT2D eigenvalue weighted by atomic mass is 35.5. The Kier molecular flexibility index (Phi) is 5.67. The standard InChI is InChI=1S/C20H21ClN2O.ClH/c21-18-7-6-15-11-19(14-4-2-1-3-5-14)23(13-17(15)10-18)20(24)16-8-9-22-12-16;/h1-7,10,16,19,22H,8-9,11-13H2;1H. The summed E-state index contributed by atoms with van der Waals surface area (Å²) in [5.41, 5.74) is 3.67. The minimum atomic E-state index is 0. The van der Waals surface area contributed by atoms with Gasteiger partial charge in [0.1, 0.15) is 0 Å². The van der Waals surface area contributed by atoms with Crippen LogP contribution in [0, 0.1) is 5.92 Å². The molecule has 132 valence electrons. The maximum Gasteiger partial charge on any atom is 0.227 e. The summed E-state index contributed by atoms with van der Waals surface area (Å²) in [5.74, 6) is 0.358. The van der Waals surface area contributed by atoms with Crippen LogP contribution < -0.4 is 5.32 Å². The fraction of sp³-hybridized carbons (Fsp3) is 0.350. The van der Waals surface area contributed by atoms with Crippen LogP contribution in [0.15, 0.2) is 48.5 Å². The first-order chi connectivity index (χ1) is 11.7. The maximum atomic E-state index is 13.1. The van der Waals surface area contributed by atoms with Crippen LogP contribution in [0.3, 0.4) is 0 Å². The smallest absolute Gasteiger partial charge is 0.227 e. The van der Waals surface area contributed by atoms with E-state index in [4.69, 9.17) is 11.6 Å². The summed E-state index contributed by atoms with van der Waals surface area (Å²) >= 11 is 6.17. The molecule has 1 saturated heterocycles. The third kappa shape index (κ3) is 3.69. The summed E-state index contributed by atoms with van der Waals surface area (Å²) in [4.78, 5) is 15.2. The molecule has 0 aromatic heterocycles. The zero-order valence-electron chi connectivity index (χ0n) is 14.0. The van der Waals surface area contributed by atoms with E-state index in [1.165, 1.54) is 16.7 Å². The Morgan fingerprint density at radius 3 is 2.64 bits per heavy atom. The molecule has 2 aliphatic heterocycles. The molecule has 0 bridgehead atoms. The number of rotatable bonds is 2. The second kappa shape index (κ2) is 7.77. The maximum absolute atomic E-state index is 13.1. The number of halogens is 2. The summed E-state index contributed by atoms with van der Waals surface area (Å²) in [5, 5.41) is 4.04. The molecule has 1 amide bonds. The number of fused-ring (bicyclic) bond motifs is 1. The van der Waals surface area contributed by atoms with Crippen molar-refractivity contribution in [2.45, 2.75) is 25.4 Å². The third-order valence-electron chi connectivity index (χ3n) is 5.18. The van der Waals surface area contributed by atoms with Gasteiger partial charge in [-0.3, -0.25) is 4.79 Å². The van der Waals surface area contributed by atoms with Crippen molar-refractivity contribution in [3.05, 3.63) is 70.2 Å². The zero-order chi connectivity index (χ0) is 16.5. The van der Waals surface area contributed by atoms with Crippen LogP contribution in [0.25, 0.3) is 0 Å². The lowest BCUT2D eigenvalue weighted by molar-refractivity contribution is -0.138. The second-order valence-corrected chi connectivity index (χ2v) is 7.14. The molecule has 4 rings (SSSR count). The molecule has 1 N–H and O–H groups in total. The van der Waals surface area contributed by atoms with E-state index >= 15 is 0 Å². The van der Waals surface area contributed by atoms with Gasteiger partial charge in [0, 0.05) is 18.1 Å². The van der Waals surface area contributed by atoms with E-state index in [0.29, 0.717) is 6.54 Å². The summed E-state index contributed by atoms with van der Waals surface area (Å²) in [6, 6.07) is 16.5. The van der Waals surface area contributed by atoms with Crippen molar-refractivity contribution >= 4 is 29.9 Å². The second-order valence-electron chi connectivity index (χ2n) is 6.70. The number of carbonyl (C=O) groups excluding carboxylic acids is 1. The first-order valence-corrected chi connectivity index (χ1v) is 8.93. The van der Waals surface area contributed by atoms with E-state index in [0.717, 1.165) is 31.0 Å². The van der Waals surface area contributed by atoms with Crippen molar-refractivity contribution in [1.29, 1.82) is 0 Å². The van der Waals surface area contributed by atoms with Gasteiger partial charge < -0.3 is 10.2 Å². The molecular weight excluding hydrogens is 355 g/mol. The molecule has 5 heteroatoms. The predicted molar refractivity (Wildman–Crippen MR) is 103 cm³/mol. The van der Waals surface area contributed by atoms with E-state index in [-0.39, 0.29) is 30.3 Å². The lowest BCUT2D eigenvalue weighted by atomic mass is 9.88. The highest BCUT2D eigenvalue weighted by Gasteiger charge is 2.35. The number of nitrogens with zero attached hydrogens (tertiary/aromatic N) is 1. The lowest BCUT2D eigenvalue weighted by Crippen LogP contribution is -2.42. The molecule has 2 heterocycles. The molecule has 2 aliphatic rings. The number of hydrogen-bond donors (Lipinski definition) is 1. The summed E-state index contributed by atoms with van der Waals surface area (Å²) < 4.78 is 0. The minimum Gasteiger partial charge on any atom is -0.331 e. The van der Waals surface area contributed by atoms with Gasteiger partial charge >= 0.3 is 0 Å². The number of amides is 1. The van der Waals surface area contributed by atoms with Crippen LogP contribution >= 0.6 is 24.0 Å². The molecule has 0 spiro atoms. The van der Waals surface area contributed by atoms with Crippen LogP contribution in [0.4, 0.5) is 0 Å². The summed E-state index contributed by atoms with van der Waals surface area (Å²) in [6.45, 7) is 2.37. The zero-order valence-corrected chi connectivity index (χ0v) is 15.5. The highest BCUT2D eigenvalue weighted by molar-refractivity contribution is 6.30. The number of nitrogens with one attached hydrogen (secondary N) is 1. The molecule has 3 nitrogen and oxygen atoms in total. The Bertz CT molecular complexity index is 745. The van der Waals surface area contributed by atoms with Crippen molar-refractivity contribution in [2.24, 2.45) is 5.92 Å². The van der Waals surface area contributed by atoms with Gasteiger partial charge in [0.15, 0.2) is 0 Å². The van der Waals surface area contributed by atoms with Crippen molar-refractivity contribution in [3.8, 4) is 0 Å². The Hall–Kier alpha value is -1.55. The molecule has 25 heavy (non-hydrogen) atoms. The van der Waals surface area contributed by atoms with Gasteiger partial charge in [-0.25, -0.2) is 0 Å². The Labute approximate surface area is 159 Å². The Morgan fingerprint density at radius 2 is 1.92 bits per heavy atom. The molecule has 2 atom stereocenters. The molecule has 0 aliphatic carbocycles. The molecule has 2 aromatic carbocycles. The lowest BCUT2D eigenvalue weighted by Gasteiger charge is -2.38. The molecular formula is C20H22Cl2N2O. The van der Waals surface area contributed by atoms with E-state index < -0.39 is 0 Å². The summed E-state index contributed by atoms with van der Waals surface area (Å²) in [7, 11) is 0. The molecule has 0 radical (unpaired) electrons. The molecule has 2 aromatic rings. The van der Waals surface area contributed by atoms with Gasteiger partial charge in [0.05, 0.1) is 12.0 Å². The normalized spacial score (nSPS) is 22.2.